The van der Waals surface area contributed by atoms with Gasteiger partial charge in [-0.2, -0.15) is 0 Å². The maximum absolute atomic E-state index is 12.6. The number of carbonyl (C=O) groups excluding carboxylic acids is 1. The molecule has 0 unspecified atom stereocenters. The highest BCUT2D eigenvalue weighted by Gasteiger charge is 2.19. The number of amides is 1. The molecule has 26 heavy (non-hydrogen) atoms. The second-order valence-corrected chi connectivity index (χ2v) is 8.02. The van der Waals surface area contributed by atoms with Crippen molar-refractivity contribution in [3.05, 3.63) is 57.4 Å². The molecule has 1 aromatic carbocycles. The molecule has 140 valence electrons. The van der Waals surface area contributed by atoms with Crippen LogP contribution < -0.4 is 10.1 Å². The highest BCUT2D eigenvalue weighted by atomic mass is 35.5. The van der Waals surface area contributed by atoms with Gasteiger partial charge in [0.2, 0.25) is 0 Å². The van der Waals surface area contributed by atoms with Crippen LogP contribution in [-0.2, 0) is 12.8 Å². The highest BCUT2D eigenvalue weighted by molar-refractivity contribution is 6.32. The summed E-state index contributed by atoms with van der Waals surface area (Å²) in [5.74, 6) is 0.635. The molecule has 0 aliphatic carbocycles. The molecule has 0 radical (unpaired) electrons. The molecule has 0 atom stereocenters. The van der Waals surface area contributed by atoms with Crippen LogP contribution in [0.4, 0.5) is 0 Å². The normalized spacial score (nSPS) is 11.3. The Morgan fingerprint density at radius 1 is 1.15 bits per heavy atom. The smallest absolute Gasteiger partial charge is 0.270 e. The van der Waals surface area contributed by atoms with Gasteiger partial charge in [-0.15, -0.1) is 0 Å². The van der Waals surface area contributed by atoms with Crippen LogP contribution in [0.3, 0.4) is 0 Å². The molecule has 1 heterocycles. The molecular formula is C21H27ClN2O2. The number of pyridine rings is 1. The van der Waals surface area contributed by atoms with Crippen molar-refractivity contribution in [2.24, 2.45) is 0 Å². The lowest BCUT2D eigenvalue weighted by molar-refractivity contribution is 0.0913. The first kappa shape index (κ1) is 20.2. The third-order valence-electron chi connectivity index (χ3n) is 4.01. The summed E-state index contributed by atoms with van der Waals surface area (Å²) < 4.78 is 5.34. The summed E-state index contributed by atoms with van der Waals surface area (Å²) in [6.07, 6.45) is 3.11. The number of benzene rings is 1. The zero-order valence-electron chi connectivity index (χ0n) is 16.4. The molecule has 0 spiro atoms. The van der Waals surface area contributed by atoms with Gasteiger partial charge in [0, 0.05) is 16.8 Å². The van der Waals surface area contributed by atoms with Gasteiger partial charge < -0.3 is 10.1 Å². The minimum absolute atomic E-state index is 0.152. The maximum Gasteiger partial charge on any atom is 0.270 e. The van der Waals surface area contributed by atoms with Crippen LogP contribution >= 0.6 is 11.6 Å². The van der Waals surface area contributed by atoms with Crippen LogP contribution in [0.1, 0.15) is 53.5 Å². The SMILES string of the molecule is COc1cc(C)c(Cl)c(CCc2cc(C)cnc2C(=O)NC(C)(C)C)c1. The number of nitrogens with zero attached hydrogens (tertiary/aromatic N) is 1. The third kappa shape index (κ3) is 5.21. The van der Waals surface area contributed by atoms with Crippen LogP contribution in [0.25, 0.3) is 0 Å². The second kappa shape index (κ2) is 8.09. The van der Waals surface area contributed by atoms with E-state index in [1.54, 1.807) is 13.3 Å². The average molecular weight is 375 g/mol. The maximum atomic E-state index is 12.6. The molecule has 4 nitrogen and oxygen atoms in total. The predicted molar refractivity (Wildman–Crippen MR) is 106 cm³/mol. The van der Waals surface area contributed by atoms with E-state index < -0.39 is 0 Å². The quantitative estimate of drug-likeness (QED) is 0.827. The molecule has 2 aromatic rings. The van der Waals surface area contributed by atoms with Crippen molar-refractivity contribution in [1.29, 1.82) is 0 Å². The van der Waals surface area contributed by atoms with E-state index >= 15 is 0 Å². The van der Waals surface area contributed by atoms with E-state index in [0.29, 0.717) is 18.5 Å². The van der Waals surface area contributed by atoms with Crippen LogP contribution in [0, 0.1) is 13.8 Å². The van der Waals surface area contributed by atoms with E-state index in [4.69, 9.17) is 16.3 Å². The van der Waals surface area contributed by atoms with Gasteiger partial charge in [-0.05, 0) is 81.8 Å². The summed E-state index contributed by atoms with van der Waals surface area (Å²) in [5, 5.41) is 3.73. The average Bonchev–Trinajstić information content (AvgIpc) is 2.54. The van der Waals surface area contributed by atoms with Crippen molar-refractivity contribution in [2.75, 3.05) is 7.11 Å². The number of hydrogen-bond acceptors (Lipinski definition) is 3. The van der Waals surface area contributed by atoms with Crippen LogP contribution in [-0.4, -0.2) is 23.5 Å². The molecule has 1 N–H and O–H groups in total. The van der Waals surface area contributed by atoms with Crippen molar-refractivity contribution in [3.8, 4) is 5.75 Å². The van der Waals surface area contributed by atoms with Crippen molar-refractivity contribution >= 4 is 17.5 Å². The lowest BCUT2D eigenvalue weighted by Gasteiger charge is -2.21. The predicted octanol–water partition coefficient (Wildman–Crippen LogP) is 4.67. The number of hydrogen-bond donors (Lipinski definition) is 1. The van der Waals surface area contributed by atoms with E-state index in [-0.39, 0.29) is 11.4 Å². The first-order valence-electron chi connectivity index (χ1n) is 8.72. The number of aromatic nitrogens is 1. The fourth-order valence-corrected chi connectivity index (χ4v) is 3.00. The number of ether oxygens (including phenoxy) is 1. The number of nitrogens with one attached hydrogen (secondary N) is 1. The van der Waals surface area contributed by atoms with E-state index in [0.717, 1.165) is 33.0 Å². The van der Waals surface area contributed by atoms with E-state index in [2.05, 4.69) is 10.3 Å². The zero-order valence-corrected chi connectivity index (χ0v) is 17.1. The largest absolute Gasteiger partial charge is 0.497 e. The van der Waals surface area contributed by atoms with Crippen molar-refractivity contribution < 1.29 is 9.53 Å². The summed E-state index contributed by atoms with van der Waals surface area (Å²) >= 11 is 6.46. The minimum atomic E-state index is -0.311. The van der Waals surface area contributed by atoms with Gasteiger partial charge in [-0.25, -0.2) is 0 Å². The Morgan fingerprint density at radius 2 is 1.81 bits per heavy atom. The Hall–Kier alpha value is -2.07. The molecule has 0 bridgehead atoms. The number of carbonyl (C=O) groups is 1. The fourth-order valence-electron chi connectivity index (χ4n) is 2.80. The number of methoxy groups -OCH3 is 1. The van der Waals surface area contributed by atoms with E-state index in [9.17, 15) is 4.79 Å². The van der Waals surface area contributed by atoms with Gasteiger partial charge in [0.25, 0.3) is 5.91 Å². The van der Waals surface area contributed by atoms with Crippen LogP contribution in [0.2, 0.25) is 5.02 Å². The summed E-state index contributed by atoms with van der Waals surface area (Å²) in [4.78, 5) is 17.0. The first-order chi connectivity index (χ1) is 12.1. The molecular weight excluding hydrogens is 348 g/mol. The zero-order chi connectivity index (χ0) is 19.5. The molecule has 0 saturated heterocycles. The third-order valence-corrected chi connectivity index (χ3v) is 4.55. The first-order valence-corrected chi connectivity index (χ1v) is 9.09. The Labute approximate surface area is 160 Å². The molecule has 0 fully saturated rings. The number of rotatable bonds is 5. The van der Waals surface area contributed by atoms with E-state index in [1.807, 2.05) is 52.8 Å². The topological polar surface area (TPSA) is 51.2 Å². The standard InChI is InChI=1S/C21H27ClN2O2/c1-13-9-16(19(23-12-13)20(25)24-21(3,4)5)8-7-15-11-17(26-6)10-14(2)18(15)22/h9-12H,7-8H2,1-6H3,(H,24,25). The fraction of sp³-hybridized carbons (Fsp3) is 0.429. The molecule has 0 aliphatic heterocycles. The molecule has 0 saturated carbocycles. The molecule has 2 rings (SSSR count). The second-order valence-electron chi connectivity index (χ2n) is 7.64. The molecule has 5 heteroatoms. The van der Waals surface area contributed by atoms with Gasteiger partial charge in [0.05, 0.1) is 7.11 Å². The molecule has 1 aromatic heterocycles. The summed E-state index contributed by atoms with van der Waals surface area (Å²) in [6, 6.07) is 5.89. The Balaban J connectivity index is 2.29. The highest BCUT2D eigenvalue weighted by Crippen LogP contribution is 2.28. The Morgan fingerprint density at radius 3 is 2.42 bits per heavy atom. The summed E-state index contributed by atoms with van der Waals surface area (Å²) in [5.41, 5.74) is 4.10. The number of aryl methyl sites for hydroxylation is 4. The van der Waals surface area contributed by atoms with E-state index in [1.165, 1.54) is 0 Å². The lowest BCUT2D eigenvalue weighted by Crippen LogP contribution is -2.41. The Kier molecular flexibility index (Phi) is 6.30. The van der Waals surface area contributed by atoms with Gasteiger partial charge in [0.1, 0.15) is 11.4 Å². The summed E-state index contributed by atoms with van der Waals surface area (Å²) in [7, 11) is 1.64. The molecule has 0 aliphatic rings. The van der Waals surface area contributed by atoms with Gasteiger partial charge in [0.15, 0.2) is 0 Å². The van der Waals surface area contributed by atoms with Gasteiger partial charge >= 0.3 is 0 Å². The molecule has 1 amide bonds. The lowest BCUT2D eigenvalue weighted by atomic mass is 9.99. The Bertz CT molecular complexity index is 810. The minimum Gasteiger partial charge on any atom is -0.497 e. The summed E-state index contributed by atoms with van der Waals surface area (Å²) in [6.45, 7) is 9.81. The number of halogens is 1. The van der Waals surface area contributed by atoms with Crippen molar-refractivity contribution in [3.63, 3.8) is 0 Å². The van der Waals surface area contributed by atoms with Gasteiger partial charge in [-0.3, -0.25) is 9.78 Å². The van der Waals surface area contributed by atoms with Crippen LogP contribution in [0.15, 0.2) is 24.4 Å². The van der Waals surface area contributed by atoms with Crippen molar-refractivity contribution in [2.45, 2.75) is 53.0 Å². The van der Waals surface area contributed by atoms with Crippen LogP contribution in [0.5, 0.6) is 5.75 Å². The van der Waals surface area contributed by atoms with Crippen molar-refractivity contribution in [1.82, 2.24) is 10.3 Å². The van der Waals surface area contributed by atoms with Gasteiger partial charge in [-0.1, -0.05) is 17.7 Å². The monoisotopic (exact) mass is 374 g/mol.